The predicted molar refractivity (Wildman–Crippen MR) is 106 cm³/mol. The van der Waals surface area contributed by atoms with Crippen molar-refractivity contribution < 1.29 is 9.53 Å². The second-order valence-corrected chi connectivity index (χ2v) is 8.85. The molecule has 0 radical (unpaired) electrons. The molecule has 0 aliphatic carbocycles. The number of nitriles is 1. The molecule has 0 atom stereocenters. The van der Waals surface area contributed by atoms with Crippen molar-refractivity contribution in [3.8, 4) is 11.8 Å². The van der Waals surface area contributed by atoms with Crippen molar-refractivity contribution in [2.75, 3.05) is 11.9 Å². The summed E-state index contributed by atoms with van der Waals surface area (Å²) in [6.45, 7) is 14.7. The Labute approximate surface area is 161 Å². The highest BCUT2D eigenvalue weighted by molar-refractivity contribution is 6.05. The summed E-state index contributed by atoms with van der Waals surface area (Å²) in [7, 11) is 0. The number of benzene rings is 1. The minimum atomic E-state index is -0.254. The van der Waals surface area contributed by atoms with Crippen LogP contribution in [0.25, 0.3) is 0 Å². The van der Waals surface area contributed by atoms with Crippen molar-refractivity contribution in [1.82, 2.24) is 9.78 Å². The van der Waals surface area contributed by atoms with Crippen LogP contribution < -0.4 is 10.1 Å². The van der Waals surface area contributed by atoms with Gasteiger partial charge >= 0.3 is 0 Å². The summed E-state index contributed by atoms with van der Waals surface area (Å²) in [4.78, 5) is 12.6. The Hall–Kier alpha value is -2.81. The minimum absolute atomic E-state index is 0.00957. The average Bonchev–Trinajstić information content (AvgIpc) is 2.94. The van der Waals surface area contributed by atoms with Crippen molar-refractivity contribution in [3.05, 3.63) is 41.2 Å². The Balaban J connectivity index is 2.20. The van der Waals surface area contributed by atoms with E-state index in [0.29, 0.717) is 29.2 Å². The van der Waals surface area contributed by atoms with Gasteiger partial charge in [0.1, 0.15) is 11.8 Å². The summed E-state index contributed by atoms with van der Waals surface area (Å²) in [6.07, 6.45) is 1.57. The van der Waals surface area contributed by atoms with Gasteiger partial charge in [-0.15, -0.1) is 0 Å². The molecule has 0 spiro atoms. The summed E-state index contributed by atoms with van der Waals surface area (Å²) < 4.78 is 7.57. The van der Waals surface area contributed by atoms with Crippen LogP contribution in [0.15, 0.2) is 24.4 Å². The SMILES string of the molecule is Cc1c(C(=O)Nc2ccc(OCC(C)(C)C)c(C#N)c2)cnn1C(C)(C)C. The number of ether oxygens (including phenoxy) is 1. The van der Waals surface area contributed by atoms with Crippen molar-refractivity contribution in [3.63, 3.8) is 0 Å². The van der Waals surface area contributed by atoms with Gasteiger partial charge in [0.05, 0.1) is 29.5 Å². The van der Waals surface area contributed by atoms with Crippen LogP contribution in [0.3, 0.4) is 0 Å². The normalized spacial score (nSPS) is 11.8. The lowest BCUT2D eigenvalue weighted by Crippen LogP contribution is -2.25. The standard InChI is InChI=1S/C21H28N4O2/c1-14-17(12-23-25(14)21(5,6)7)19(26)24-16-8-9-18(15(10-16)11-22)27-13-20(2,3)4/h8-10,12H,13H2,1-7H3,(H,24,26). The zero-order chi connectivity index (χ0) is 20.4. The number of nitrogens with one attached hydrogen (secondary N) is 1. The van der Waals surface area contributed by atoms with E-state index >= 15 is 0 Å². The Kier molecular flexibility index (Phi) is 5.65. The van der Waals surface area contributed by atoms with Gasteiger partial charge in [-0.05, 0) is 51.3 Å². The van der Waals surface area contributed by atoms with E-state index in [-0.39, 0.29) is 16.9 Å². The van der Waals surface area contributed by atoms with Crippen molar-refractivity contribution in [2.45, 2.75) is 54.0 Å². The largest absolute Gasteiger partial charge is 0.492 e. The Morgan fingerprint density at radius 2 is 1.93 bits per heavy atom. The van der Waals surface area contributed by atoms with E-state index in [0.717, 1.165) is 5.69 Å². The maximum atomic E-state index is 12.6. The maximum absolute atomic E-state index is 12.6. The van der Waals surface area contributed by atoms with Gasteiger partial charge in [0.15, 0.2) is 0 Å². The first-order valence-electron chi connectivity index (χ1n) is 8.96. The second kappa shape index (κ2) is 7.43. The third-order valence-corrected chi connectivity index (χ3v) is 3.91. The van der Waals surface area contributed by atoms with Crippen LogP contribution in [0.4, 0.5) is 5.69 Å². The van der Waals surface area contributed by atoms with Crippen LogP contribution in [0, 0.1) is 23.7 Å². The van der Waals surface area contributed by atoms with Gasteiger partial charge in [-0.1, -0.05) is 20.8 Å². The van der Waals surface area contributed by atoms with Gasteiger partial charge in [0.25, 0.3) is 5.91 Å². The van der Waals surface area contributed by atoms with Gasteiger partial charge in [-0.3, -0.25) is 9.48 Å². The van der Waals surface area contributed by atoms with Gasteiger partial charge in [-0.2, -0.15) is 10.4 Å². The van der Waals surface area contributed by atoms with Crippen LogP contribution in [-0.4, -0.2) is 22.3 Å². The molecular formula is C21H28N4O2. The number of carbonyl (C=O) groups is 1. The first kappa shape index (κ1) is 20.5. The maximum Gasteiger partial charge on any atom is 0.259 e. The molecule has 1 amide bonds. The van der Waals surface area contributed by atoms with Gasteiger partial charge in [0.2, 0.25) is 0 Å². The number of rotatable bonds is 4. The Bertz CT molecular complexity index is 877. The summed E-state index contributed by atoms with van der Waals surface area (Å²) in [5.41, 5.74) is 2.02. The van der Waals surface area contributed by atoms with E-state index in [9.17, 15) is 10.1 Å². The molecule has 1 heterocycles. The number of amides is 1. The van der Waals surface area contributed by atoms with E-state index in [1.807, 2.05) is 32.4 Å². The van der Waals surface area contributed by atoms with Crippen LogP contribution in [0.1, 0.15) is 63.2 Å². The third kappa shape index (κ3) is 5.10. The fourth-order valence-electron chi connectivity index (χ4n) is 2.62. The molecule has 27 heavy (non-hydrogen) atoms. The summed E-state index contributed by atoms with van der Waals surface area (Å²) in [6, 6.07) is 7.20. The topological polar surface area (TPSA) is 79.9 Å². The molecule has 0 aliphatic heterocycles. The summed E-state index contributed by atoms with van der Waals surface area (Å²) >= 11 is 0. The van der Waals surface area contributed by atoms with Gasteiger partial charge in [0, 0.05) is 11.4 Å². The van der Waals surface area contributed by atoms with Crippen molar-refractivity contribution in [1.29, 1.82) is 5.26 Å². The molecule has 6 nitrogen and oxygen atoms in total. The number of hydrogen-bond acceptors (Lipinski definition) is 4. The second-order valence-electron chi connectivity index (χ2n) is 8.85. The molecule has 0 fully saturated rings. The summed E-state index contributed by atoms with van der Waals surface area (Å²) in [5, 5.41) is 16.6. The number of aromatic nitrogens is 2. The molecule has 0 saturated heterocycles. The molecule has 0 aliphatic rings. The molecule has 0 saturated carbocycles. The first-order chi connectivity index (χ1) is 12.4. The van der Waals surface area contributed by atoms with Crippen LogP contribution >= 0.6 is 0 Å². The van der Waals surface area contributed by atoms with E-state index in [1.54, 1.807) is 24.4 Å². The predicted octanol–water partition coefficient (Wildman–Crippen LogP) is 4.50. The minimum Gasteiger partial charge on any atom is -0.492 e. The van der Waals surface area contributed by atoms with E-state index in [1.165, 1.54) is 0 Å². The molecule has 1 aromatic carbocycles. The highest BCUT2D eigenvalue weighted by atomic mass is 16.5. The lowest BCUT2D eigenvalue weighted by Gasteiger charge is -2.21. The highest BCUT2D eigenvalue weighted by Gasteiger charge is 2.22. The highest BCUT2D eigenvalue weighted by Crippen LogP contribution is 2.25. The third-order valence-electron chi connectivity index (χ3n) is 3.91. The Morgan fingerprint density at radius 3 is 2.44 bits per heavy atom. The zero-order valence-corrected chi connectivity index (χ0v) is 17.2. The lowest BCUT2D eigenvalue weighted by atomic mass is 9.98. The molecule has 2 aromatic rings. The van der Waals surface area contributed by atoms with Gasteiger partial charge < -0.3 is 10.1 Å². The number of carbonyl (C=O) groups excluding carboxylic acids is 1. The number of anilines is 1. The summed E-state index contributed by atoms with van der Waals surface area (Å²) in [5.74, 6) is 0.261. The number of nitrogens with zero attached hydrogens (tertiary/aromatic N) is 3. The average molecular weight is 368 g/mol. The fourth-order valence-corrected chi connectivity index (χ4v) is 2.62. The van der Waals surface area contributed by atoms with E-state index < -0.39 is 0 Å². The quantitative estimate of drug-likeness (QED) is 0.862. The van der Waals surface area contributed by atoms with Crippen LogP contribution in [0.2, 0.25) is 0 Å². The van der Waals surface area contributed by atoms with E-state index in [2.05, 4.69) is 37.3 Å². The lowest BCUT2D eigenvalue weighted by molar-refractivity contribution is 0.102. The number of hydrogen-bond donors (Lipinski definition) is 1. The molecule has 144 valence electrons. The van der Waals surface area contributed by atoms with E-state index in [4.69, 9.17) is 4.74 Å². The smallest absolute Gasteiger partial charge is 0.259 e. The molecule has 2 rings (SSSR count). The monoisotopic (exact) mass is 368 g/mol. The molecule has 6 heteroatoms. The molecular weight excluding hydrogens is 340 g/mol. The van der Waals surface area contributed by atoms with Crippen molar-refractivity contribution >= 4 is 11.6 Å². The van der Waals surface area contributed by atoms with Crippen LogP contribution in [0.5, 0.6) is 5.75 Å². The molecule has 0 bridgehead atoms. The Morgan fingerprint density at radius 1 is 1.26 bits per heavy atom. The van der Waals surface area contributed by atoms with Crippen LogP contribution in [-0.2, 0) is 5.54 Å². The molecule has 1 aromatic heterocycles. The molecule has 1 N–H and O–H groups in total. The fraction of sp³-hybridized carbons (Fsp3) is 0.476. The van der Waals surface area contributed by atoms with Crippen molar-refractivity contribution in [2.24, 2.45) is 5.41 Å². The first-order valence-corrected chi connectivity index (χ1v) is 8.96. The van der Waals surface area contributed by atoms with Gasteiger partial charge in [-0.25, -0.2) is 0 Å². The molecule has 0 unspecified atom stereocenters. The zero-order valence-electron chi connectivity index (χ0n) is 17.2.